The third kappa shape index (κ3) is 4.11. The number of likely N-dealkylation sites (N-methyl/N-ethyl adjacent to an activating group) is 1. The van der Waals surface area contributed by atoms with Gasteiger partial charge in [-0.25, -0.2) is 8.42 Å². The van der Waals surface area contributed by atoms with E-state index in [9.17, 15) is 13.2 Å². The summed E-state index contributed by atoms with van der Waals surface area (Å²) in [6.07, 6.45) is 1.20. The van der Waals surface area contributed by atoms with Crippen molar-refractivity contribution in [1.82, 2.24) is 4.98 Å². The molecule has 2 heterocycles. The lowest BCUT2D eigenvalue weighted by atomic mass is 10.0. The maximum Gasteiger partial charge on any atom is 0.274 e. The zero-order chi connectivity index (χ0) is 25.6. The molecule has 0 spiro atoms. The first-order valence-electron chi connectivity index (χ1n) is 11.9. The summed E-state index contributed by atoms with van der Waals surface area (Å²) in [5.41, 5.74) is 4.97. The molecule has 0 aliphatic carbocycles. The number of fused-ring (bicyclic) bond motifs is 2. The summed E-state index contributed by atoms with van der Waals surface area (Å²) in [4.78, 5) is 21.5. The molecule has 1 atom stereocenters. The molecule has 0 bridgehead atoms. The van der Waals surface area contributed by atoms with Gasteiger partial charge >= 0.3 is 0 Å². The normalized spacial score (nSPS) is 15.7. The molecule has 0 saturated carbocycles. The van der Waals surface area contributed by atoms with Crippen LogP contribution in [0.3, 0.4) is 0 Å². The summed E-state index contributed by atoms with van der Waals surface area (Å²) in [6, 6.07) is 20.6. The Morgan fingerprint density at radius 2 is 1.75 bits per heavy atom. The Labute approximate surface area is 211 Å². The number of benzene rings is 3. The van der Waals surface area contributed by atoms with Crippen molar-refractivity contribution in [1.29, 1.82) is 0 Å². The highest BCUT2D eigenvalue weighted by atomic mass is 32.2. The Morgan fingerprint density at radius 3 is 2.42 bits per heavy atom. The van der Waals surface area contributed by atoms with Crippen molar-refractivity contribution in [3.63, 3.8) is 0 Å². The van der Waals surface area contributed by atoms with Crippen molar-refractivity contribution in [2.75, 3.05) is 36.3 Å². The van der Waals surface area contributed by atoms with Gasteiger partial charge in [0.2, 0.25) is 0 Å². The predicted octanol–water partition coefficient (Wildman–Crippen LogP) is 5.12. The number of ether oxygens (including phenoxy) is 1. The summed E-state index contributed by atoms with van der Waals surface area (Å²) in [6.45, 7) is 5.60. The largest absolute Gasteiger partial charge is 0.496 e. The standard InChI is InChI=1S/C28H29N3O4S/c1-5-30-18(2)17-31(28(32)24-16-22-23(29-24)7-6-8-27(22)35-3)26-15-20(11-14-25(26)30)19-9-12-21(13-10-19)36(4,33)34/h6-16,18,29H,5,17H2,1-4H3/t18-/m0/s1. The smallest absolute Gasteiger partial charge is 0.274 e. The molecule has 3 aromatic carbocycles. The Hall–Kier alpha value is -3.78. The van der Waals surface area contributed by atoms with Crippen LogP contribution in [0, 0.1) is 0 Å². The number of amides is 1. The van der Waals surface area contributed by atoms with E-state index < -0.39 is 9.84 Å². The number of nitrogens with zero attached hydrogens (tertiary/aromatic N) is 2. The molecule has 36 heavy (non-hydrogen) atoms. The summed E-state index contributed by atoms with van der Waals surface area (Å²) in [5.74, 6) is 0.605. The van der Waals surface area contributed by atoms with Crippen LogP contribution in [0.5, 0.6) is 5.75 Å². The molecule has 0 radical (unpaired) electrons. The van der Waals surface area contributed by atoms with E-state index in [0.29, 0.717) is 18.0 Å². The Bertz CT molecular complexity index is 1560. The molecule has 1 aliphatic heterocycles. The minimum absolute atomic E-state index is 0.110. The average molecular weight is 504 g/mol. The first-order chi connectivity index (χ1) is 17.2. The van der Waals surface area contributed by atoms with Crippen molar-refractivity contribution in [3.05, 3.63) is 72.4 Å². The number of aromatic nitrogens is 1. The molecule has 186 valence electrons. The zero-order valence-corrected chi connectivity index (χ0v) is 21.6. The second-order valence-electron chi connectivity index (χ2n) is 9.16. The quantitative estimate of drug-likeness (QED) is 0.409. The van der Waals surface area contributed by atoms with E-state index in [-0.39, 0.29) is 16.8 Å². The molecule has 7 nitrogen and oxygen atoms in total. The second-order valence-corrected chi connectivity index (χ2v) is 11.2. The Balaban J connectivity index is 1.58. The van der Waals surface area contributed by atoms with E-state index in [0.717, 1.165) is 39.9 Å². The lowest BCUT2D eigenvalue weighted by Crippen LogP contribution is -2.49. The summed E-state index contributed by atoms with van der Waals surface area (Å²) in [7, 11) is -1.65. The zero-order valence-electron chi connectivity index (χ0n) is 20.8. The van der Waals surface area contributed by atoms with Crippen LogP contribution in [-0.4, -0.2) is 51.8 Å². The first-order valence-corrected chi connectivity index (χ1v) is 13.8. The molecule has 0 fully saturated rings. The molecule has 1 aromatic heterocycles. The van der Waals surface area contributed by atoms with E-state index in [2.05, 4.69) is 23.7 Å². The maximum atomic E-state index is 13.8. The van der Waals surface area contributed by atoms with Gasteiger partial charge in [-0.15, -0.1) is 0 Å². The summed E-state index contributed by atoms with van der Waals surface area (Å²) >= 11 is 0. The van der Waals surface area contributed by atoms with E-state index in [1.54, 1.807) is 31.4 Å². The van der Waals surface area contributed by atoms with E-state index in [1.165, 1.54) is 6.26 Å². The van der Waals surface area contributed by atoms with Gasteiger partial charge in [-0.3, -0.25) is 4.79 Å². The Kier molecular flexibility index (Phi) is 6.00. The molecule has 0 saturated heterocycles. The molecule has 1 aliphatic rings. The van der Waals surface area contributed by atoms with Crippen molar-refractivity contribution in [2.45, 2.75) is 24.8 Å². The van der Waals surface area contributed by atoms with Gasteiger partial charge in [0.05, 0.1) is 23.4 Å². The van der Waals surface area contributed by atoms with Gasteiger partial charge in [-0.2, -0.15) is 0 Å². The molecule has 1 amide bonds. The number of anilines is 2. The lowest BCUT2D eigenvalue weighted by Gasteiger charge is -2.42. The van der Waals surface area contributed by atoms with Crippen LogP contribution in [0.4, 0.5) is 11.4 Å². The van der Waals surface area contributed by atoms with Crippen LogP contribution >= 0.6 is 0 Å². The number of hydrogen-bond acceptors (Lipinski definition) is 5. The van der Waals surface area contributed by atoms with Gasteiger partial charge in [0, 0.05) is 36.3 Å². The lowest BCUT2D eigenvalue weighted by molar-refractivity contribution is 0.0980. The summed E-state index contributed by atoms with van der Waals surface area (Å²) < 4.78 is 29.2. The number of carbonyl (C=O) groups excluding carboxylic acids is 1. The third-order valence-electron chi connectivity index (χ3n) is 6.83. The first kappa shape index (κ1) is 23.9. The van der Waals surface area contributed by atoms with Crippen molar-refractivity contribution < 1.29 is 17.9 Å². The molecule has 0 unspecified atom stereocenters. The Morgan fingerprint density at radius 1 is 1.03 bits per heavy atom. The SMILES string of the molecule is CCN1c2ccc(-c3ccc(S(C)(=O)=O)cc3)cc2N(C(=O)c2cc3c(OC)cccc3[nH]2)C[C@@H]1C. The van der Waals surface area contributed by atoms with E-state index >= 15 is 0 Å². The highest BCUT2D eigenvalue weighted by Gasteiger charge is 2.32. The van der Waals surface area contributed by atoms with Crippen LogP contribution in [0.15, 0.2) is 71.6 Å². The molecular formula is C28H29N3O4S. The topological polar surface area (TPSA) is 82.7 Å². The van der Waals surface area contributed by atoms with Crippen molar-refractivity contribution in [2.24, 2.45) is 0 Å². The fourth-order valence-electron chi connectivity index (χ4n) is 5.00. The number of nitrogens with one attached hydrogen (secondary N) is 1. The minimum atomic E-state index is -3.27. The number of rotatable bonds is 5. The van der Waals surface area contributed by atoms with Gasteiger partial charge in [-0.05, 0) is 67.4 Å². The van der Waals surface area contributed by atoms with Crippen LogP contribution in [0.2, 0.25) is 0 Å². The number of sulfone groups is 1. The highest BCUT2D eigenvalue weighted by Crippen LogP contribution is 2.40. The number of H-pyrrole nitrogens is 1. The number of methoxy groups -OCH3 is 1. The second kappa shape index (κ2) is 9.02. The predicted molar refractivity (Wildman–Crippen MR) is 144 cm³/mol. The molecule has 8 heteroatoms. The fraction of sp³-hybridized carbons (Fsp3) is 0.250. The average Bonchev–Trinajstić information content (AvgIpc) is 3.32. The summed E-state index contributed by atoms with van der Waals surface area (Å²) in [5, 5.41) is 0.864. The van der Waals surface area contributed by atoms with E-state index in [1.807, 2.05) is 47.4 Å². The molecule has 5 rings (SSSR count). The molecule has 4 aromatic rings. The van der Waals surface area contributed by atoms with E-state index in [4.69, 9.17) is 4.74 Å². The van der Waals surface area contributed by atoms with Crippen molar-refractivity contribution in [3.8, 4) is 16.9 Å². The van der Waals surface area contributed by atoms with Gasteiger partial charge in [-0.1, -0.05) is 24.3 Å². The highest BCUT2D eigenvalue weighted by molar-refractivity contribution is 7.90. The number of aromatic amines is 1. The number of carbonyl (C=O) groups is 1. The third-order valence-corrected chi connectivity index (χ3v) is 7.96. The minimum Gasteiger partial charge on any atom is -0.496 e. The van der Waals surface area contributed by atoms with Gasteiger partial charge in [0.15, 0.2) is 9.84 Å². The van der Waals surface area contributed by atoms with Crippen LogP contribution in [0.25, 0.3) is 22.0 Å². The van der Waals surface area contributed by atoms with Gasteiger partial charge in [0.25, 0.3) is 5.91 Å². The van der Waals surface area contributed by atoms with Gasteiger partial charge in [0.1, 0.15) is 11.4 Å². The van der Waals surface area contributed by atoms with Crippen LogP contribution < -0.4 is 14.5 Å². The monoisotopic (exact) mass is 503 g/mol. The van der Waals surface area contributed by atoms with Crippen molar-refractivity contribution >= 4 is 38.0 Å². The molecular weight excluding hydrogens is 474 g/mol. The number of hydrogen-bond donors (Lipinski definition) is 1. The molecule has 1 N–H and O–H groups in total. The maximum absolute atomic E-state index is 13.8. The van der Waals surface area contributed by atoms with Crippen LogP contribution in [-0.2, 0) is 9.84 Å². The van der Waals surface area contributed by atoms with Gasteiger partial charge < -0.3 is 19.5 Å². The van der Waals surface area contributed by atoms with Crippen LogP contribution in [0.1, 0.15) is 24.3 Å². The fourth-order valence-corrected chi connectivity index (χ4v) is 5.63.